The maximum Gasteiger partial charge on any atom is 0.322 e. The van der Waals surface area contributed by atoms with Gasteiger partial charge < -0.3 is 9.15 Å². The van der Waals surface area contributed by atoms with Crippen LogP contribution in [0.4, 0.5) is 6.01 Å². The zero-order valence-corrected chi connectivity index (χ0v) is 15.7. The summed E-state index contributed by atoms with van der Waals surface area (Å²) < 4.78 is 11.1. The third-order valence-corrected chi connectivity index (χ3v) is 4.12. The van der Waals surface area contributed by atoms with Crippen molar-refractivity contribution in [3.63, 3.8) is 0 Å². The van der Waals surface area contributed by atoms with Gasteiger partial charge in [-0.1, -0.05) is 36.5 Å². The molecule has 0 saturated heterocycles. The van der Waals surface area contributed by atoms with E-state index in [0.29, 0.717) is 23.1 Å². The molecule has 0 aliphatic heterocycles. The second kappa shape index (κ2) is 9.19. The first-order valence-electron chi connectivity index (χ1n) is 8.79. The van der Waals surface area contributed by atoms with Crippen LogP contribution in [-0.2, 0) is 0 Å². The number of amides is 1. The largest absolute Gasteiger partial charge is 0.494 e. The van der Waals surface area contributed by atoms with E-state index < -0.39 is 0 Å². The van der Waals surface area contributed by atoms with Gasteiger partial charge in [0.2, 0.25) is 5.89 Å². The van der Waals surface area contributed by atoms with Crippen molar-refractivity contribution in [1.82, 2.24) is 10.2 Å². The van der Waals surface area contributed by atoms with E-state index in [1.807, 2.05) is 0 Å². The highest BCUT2D eigenvalue weighted by molar-refractivity contribution is 6.30. The molecule has 0 fully saturated rings. The monoisotopic (exact) mass is 385 g/mol. The number of rotatable bonds is 8. The summed E-state index contributed by atoms with van der Waals surface area (Å²) in [6, 6.07) is 14.0. The van der Waals surface area contributed by atoms with Crippen molar-refractivity contribution in [3.8, 4) is 17.2 Å². The van der Waals surface area contributed by atoms with E-state index in [1.165, 1.54) is 0 Å². The van der Waals surface area contributed by atoms with E-state index in [1.54, 1.807) is 48.5 Å². The van der Waals surface area contributed by atoms with Gasteiger partial charge in [0.05, 0.1) is 6.61 Å². The van der Waals surface area contributed by atoms with Crippen LogP contribution in [0.2, 0.25) is 5.02 Å². The van der Waals surface area contributed by atoms with Gasteiger partial charge in [-0.05, 0) is 55.0 Å². The number of halogens is 1. The number of carbonyl (C=O) groups is 1. The van der Waals surface area contributed by atoms with Gasteiger partial charge in [0, 0.05) is 16.1 Å². The fourth-order valence-electron chi connectivity index (χ4n) is 2.40. The third-order valence-electron chi connectivity index (χ3n) is 3.87. The molecule has 27 heavy (non-hydrogen) atoms. The van der Waals surface area contributed by atoms with Crippen molar-refractivity contribution in [2.24, 2.45) is 0 Å². The molecule has 1 heterocycles. The molecule has 1 amide bonds. The van der Waals surface area contributed by atoms with Gasteiger partial charge in [-0.2, -0.15) is 0 Å². The maximum absolute atomic E-state index is 12.3. The molecule has 1 N–H and O–H groups in total. The van der Waals surface area contributed by atoms with Gasteiger partial charge in [-0.15, -0.1) is 5.10 Å². The Labute approximate surface area is 162 Å². The number of aromatic nitrogens is 2. The summed E-state index contributed by atoms with van der Waals surface area (Å²) in [6.07, 6.45) is 3.31. The topological polar surface area (TPSA) is 77.2 Å². The molecule has 0 unspecified atom stereocenters. The molecule has 2 aromatic carbocycles. The van der Waals surface area contributed by atoms with Crippen LogP contribution in [-0.4, -0.2) is 22.7 Å². The summed E-state index contributed by atoms with van der Waals surface area (Å²) in [5.41, 5.74) is 1.19. The second-order valence-electron chi connectivity index (χ2n) is 5.95. The zero-order valence-electron chi connectivity index (χ0n) is 14.9. The van der Waals surface area contributed by atoms with Gasteiger partial charge in [-0.3, -0.25) is 10.1 Å². The molecule has 0 saturated carbocycles. The van der Waals surface area contributed by atoms with E-state index in [2.05, 4.69) is 22.4 Å². The molecule has 0 aliphatic carbocycles. The van der Waals surface area contributed by atoms with Crippen LogP contribution in [0.15, 0.2) is 52.9 Å². The van der Waals surface area contributed by atoms with E-state index in [9.17, 15) is 4.79 Å². The molecule has 140 valence electrons. The average molecular weight is 386 g/mol. The van der Waals surface area contributed by atoms with Crippen molar-refractivity contribution in [3.05, 3.63) is 59.1 Å². The smallest absolute Gasteiger partial charge is 0.322 e. The number of nitrogens with one attached hydrogen (secondary N) is 1. The summed E-state index contributed by atoms with van der Waals surface area (Å²) in [5, 5.41) is 11.0. The van der Waals surface area contributed by atoms with Gasteiger partial charge in [-0.25, -0.2) is 0 Å². The highest BCUT2D eigenvalue weighted by Crippen LogP contribution is 2.22. The lowest BCUT2D eigenvalue weighted by Crippen LogP contribution is -2.12. The summed E-state index contributed by atoms with van der Waals surface area (Å²) >= 11 is 5.86. The fraction of sp³-hybridized carbons (Fsp3) is 0.250. The molecule has 3 aromatic rings. The Bertz CT molecular complexity index is 876. The minimum Gasteiger partial charge on any atom is -0.494 e. The van der Waals surface area contributed by atoms with E-state index in [-0.39, 0.29) is 11.9 Å². The standard InChI is InChI=1S/C20H20ClN3O3/c1-2-3-4-13-26-17-11-7-14(8-12-17)18(25)22-20-24-23-19(27-20)15-5-9-16(21)10-6-15/h5-12H,2-4,13H2,1H3,(H,22,24,25). The number of hydrogen-bond acceptors (Lipinski definition) is 5. The molecule has 3 rings (SSSR count). The van der Waals surface area contributed by atoms with Crippen LogP contribution in [0.5, 0.6) is 5.75 Å². The number of nitrogens with zero attached hydrogens (tertiary/aromatic N) is 2. The predicted octanol–water partition coefficient (Wildman–Crippen LogP) is 5.21. The quantitative estimate of drug-likeness (QED) is 0.538. The minimum absolute atomic E-state index is 0.0323. The highest BCUT2D eigenvalue weighted by atomic mass is 35.5. The fourth-order valence-corrected chi connectivity index (χ4v) is 2.52. The summed E-state index contributed by atoms with van der Waals surface area (Å²) in [5.74, 6) is 0.710. The van der Waals surface area contributed by atoms with Crippen LogP contribution >= 0.6 is 11.6 Å². The molecular weight excluding hydrogens is 366 g/mol. The van der Waals surface area contributed by atoms with Gasteiger partial charge in [0.15, 0.2) is 0 Å². The number of anilines is 1. The molecule has 1 aromatic heterocycles. The summed E-state index contributed by atoms with van der Waals surface area (Å²) in [6.45, 7) is 2.82. The van der Waals surface area contributed by atoms with Crippen LogP contribution < -0.4 is 10.1 Å². The molecule has 0 radical (unpaired) electrons. The molecule has 0 atom stereocenters. The van der Waals surface area contributed by atoms with Crippen LogP contribution in [0, 0.1) is 0 Å². The molecule has 0 spiro atoms. The number of ether oxygens (including phenoxy) is 1. The van der Waals surface area contributed by atoms with E-state index in [4.69, 9.17) is 20.8 Å². The molecule has 0 bridgehead atoms. The van der Waals surface area contributed by atoms with Crippen molar-refractivity contribution in [2.45, 2.75) is 26.2 Å². The normalized spacial score (nSPS) is 10.6. The lowest BCUT2D eigenvalue weighted by atomic mass is 10.2. The molecule has 6 nitrogen and oxygen atoms in total. The first-order valence-corrected chi connectivity index (χ1v) is 9.17. The summed E-state index contributed by atoms with van der Waals surface area (Å²) in [4.78, 5) is 12.3. The maximum atomic E-state index is 12.3. The summed E-state index contributed by atoms with van der Waals surface area (Å²) in [7, 11) is 0. The number of benzene rings is 2. The number of unbranched alkanes of at least 4 members (excludes halogenated alkanes) is 2. The third kappa shape index (κ3) is 5.31. The Morgan fingerprint density at radius 3 is 2.52 bits per heavy atom. The molecule has 0 aliphatic rings. The van der Waals surface area contributed by atoms with Gasteiger partial charge in [0.1, 0.15) is 5.75 Å². The van der Waals surface area contributed by atoms with Crippen LogP contribution in [0.1, 0.15) is 36.5 Å². The molecule has 7 heteroatoms. The van der Waals surface area contributed by atoms with Crippen molar-refractivity contribution in [2.75, 3.05) is 11.9 Å². The Morgan fingerprint density at radius 2 is 1.81 bits per heavy atom. The SMILES string of the molecule is CCCCCOc1ccc(C(=O)Nc2nnc(-c3ccc(Cl)cc3)o2)cc1. The first-order chi connectivity index (χ1) is 13.2. The van der Waals surface area contributed by atoms with Crippen LogP contribution in [0.3, 0.4) is 0 Å². The van der Waals surface area contributed by atoms with Gasteiger partial charge in [0.25, 0.3) is 5.91 Å². The predicted molar refractivity (Wildman–Crippen MR) is 104 cm³/mol. The Kier molecular flexibility index (Phi) is 6.44. The lowest BCUT2D eigenvalue weighted by Gasteiger charge is -2.06. The number of carbonyl (C=O) groups excluding carboxylic acids is 1. The highest BCUT2D eigenvalue weighted by Gasteiger charge is 2.13. The number of hydrogen-bond donors (Lipinski definition) is 1. The second-order valence-corrected chi connectivity index (χ2v) is 6.39. The van der Waals surface area contributed by atoms with Gasteiger partial charge >= 0.3 is 6.01 Å². The van der Waals surface area contributed by atoms with E-state index >= 15 is 0 Å². The molecular formula is C20H20ClN3O3. The van der Waals surface area contributed by atoms with Crippen molar-refractivity contribution < 1.29 is 13.9 Å². The Hall–Kier alpha value is -2.86. The average Bonchev–Trinajstić information content (AvgIpc) is 3.15. The Balaban J connectivity index is 1.58. The van der Waals surface area contributed by atoms with Crippen LogP contribution in [0.25, 0.3) is 11.5 Å². The Morgan fingerprint density at radius 1 is 1.07 bits per heavy atom. The van der Waals surface area contributed by atoms with E-state index in [0.717, 1.165) is 30.6 Å². The zero-order chi connectivity index (χ0) is 19.1. The van der Waals surface area contributed by atoms with Crippen molar-refractivity contribution in [1.29, 1.82) is 0 Å². The van der Waals surface area contributed by atoms with Crippen molar-refractivity contribution >= 4 is 23.5 Å². The first kappa shape index (κ1) is 18.9. The lowest BCUT2D eigenvalue weighted by molar-refractivity contribution is 0.102. The minimum atomic E-state index is -0.334.